The van der Waals surface area contributed by atoms with Gasteiger partial charge in [-0.1, -0.05) is 0 Å². The molecular formula is C6H9N2O+. The minimum Gasteiger partial charge on any atom is -0.392 e. The van der Waals surface area contributed by atoms with Gasteiger partial charge in [-0.2, -0.15) is 0 Å². The minimum absolute atomic E-state index is 0.0406. The number of aromatic nitrogens is 1. The summed E-state index contributed by atoms with van der Waals surface area (Å²) in [6.45, 7) is 0.0406. The summed E-state index contributed by atoms with van der Waals surface area (Å²) in [5, 5.41) is 8.59. The van der Waals surface area contributed by atoms with Gasteiger partial charge < -0.3 is 5.11 Å². The summed E-state index contributed by atoms with van der Waals surface area (Å²) >= 11 is 0. The summed E-state index contributed by atoms with van der Waals surface area (Å²) in [6, 6.07) is 3.47. The van der Waals surface area contributed by atoms with Crippen molar-refractivity contribution in [3.8, 4) is 0 Å². The number of pyridine rings is 1. The lowest BCUT2D eigenvalue weighted by Crippen LogP contribution is -2.08. The summed E-state index contributed by atoms with van der Waals surface area (Å²) < 4.78 is 0. The van der Waals surface area contributed by atoms with Gasteiger partial charge in [-0.15, -0.1) is 0 Å². The van der Waals surface area contributed by atoms with Crippen LogP contribution >= 0.6 is 0 Å². The molecule has 48 valence electrons. The van der Waals surface area contributed by atoms with E-state index >= 15 is 0 Å². The van der Waals surface area contributed by atoms with Gasteiger partial charge in [0.25, 0.3) is 5.82 Å². The number of anilines is 1. The number of aliphatic hydroxyl groups excluding tert-OH is 1. The molecule has 0 bridgehead atoms. The Morgan fingerprint density at radius 1 is 1.67 bits per heavy atom. The molecular weight excluding hydrogens is 116 g/mol. The molecule has 1 aromatic rings. The Kier molecular flexibility index (Phi) is 1.65. The average molecular weight is 125 g/mol. The highest BCUT2D eigenvalue weighted by molar-refractivity contribution is 5.25. The van der Waals surface area contributed by atoms with E-state index < -0.39 is 0 Å². The van der Waals surface area contributed by atoms with Gasteiger partial charge in [-0.05, 0) is 11.6 Å². The van der Waals surface area contributed by atoms with Crippen molar-refractivity contribution >= 4 is 5.82 Å². The zero-order valence-electron chi connectivity index (χ0n) is 4.96. The number of nitrogen functional groups attached to an aromatic ring is 1. The fourth-order valence-corrected chi connectivity index (χ4v) is 0.633. The molecule has 0 atom stereocenters. The Morgan fingerprint density at radius 2 is 2.44 bits per heavy atom. The van der Waals surface area contributed by atoms with Crippen molar-refractivity contribution in [2.45, 2.75) is 6.61 Å². The maximum Gasteiger partial charge on any atom is 0.270 e. The number of H-pyrrole nitrogens is 1. The number of hydrogen-bond acceptors (Lipinski definition) is 2. The second kappa shape index (κ2) is 2.46. The second-order valence-electron chi connectivity index (χ2n) is 1.81. The number of hydrogen-bond donors (Lipinski definition) is 2. The standard InChI is InChI=1S/C6H8N2O/c7-6-3-5(4-9)1-2-8-6/h1-3,9H,4H2,(H2,7,8)/p+1. The van der Waals surface area contributed by atoms with E-state index in [0.717, 1.165) is 5.56 Å². The van der Waals surface area contributed by atoms with Crippen LogP contribution in [-0.2, 0) is 6.61 Å². The Morgan fingerprint density at radius 3 is 2.89 bits per heavy atom. The molecule has 0 radical (unpaired) electrons. The molecule has 1 heterocycles. The third kappa shape index (κ3) is 1.40. The fraction of sp³-hybridized carbons (Fsp3) is 0.167. The summed E-state index contributed by atoms with van der Waals surface area (Å²) in [7, 11) is 0. The van der Waals surface area contributed by atoms with Crippen LogP contribution in [0.1, 0.15) is 5.56 Å². The number of nitrogens with two attached hydrogens (primary N) is 1. The normalized spacial score (nSPS) is 9.44. The molecule has 0 aliphatic heterocycles. The molecule has 0 fully saturated rings. The van der Waals surface area contributed by atoms with Gasteiger partial charge in [-0.3, -0.25) is 5.73 Å². The van der Waals surface area contributed by atoms with Gasteiger partial charge in [0.2, 0.25) is 0 Å². The van der Waals surface area contributed by atoms with Crippen LogP contribution < -0.4 is 10.7 Å². The first-order valence-electron chi connectivity index (χ1n) is 2.70. The molecule has 4 N–H and O–H groups in total. The van der Waals surface area contributed by atoms with Crippen LogP contribution in [0.5, 0.6) is 0 Å². The van der Waals surface area contributed by atoms with Crippen LogP contribution in [-0.4, -0.2) is 5.11 Å². The topological polar surface area (TPSA) is 60.4 Å². The van der Waals surface area contributed by atoms with E-state index in [4.69, 9.17) is 10.8 Å². The average Bonchev–Trinajstić information content (AvgIpc) is 1.88. The number of aromatic amines is 1. The van der Waals surface area contributed by atoms with Gasteiger partial charge in [0, 0.05) is 6.07 Å². The van der Waals surface area contributed by atoms with Crippen molar-refractivity contribution in [2.75, 3.05) is 5.73 Å². The largest absolute Gasteiger partial charge is 0.392 e. The number of rotatable bonds is 1. The zero-order chi connectivity index (χ0) is 6.69. The van der Waals surface area contributed by atoms with Crippen LogP contribution in [0.15, 0.2) is 18.3 Å². The molecule has 0 aliphatic rings. The van der Waals surface area contributed by atoms with E-state index in [1.54, 1.807) is 18.3 Å². The first-order valence-corrected chi connectivity index (χ1v) is 2.70. The lowest BCUT2D eigenvalue weighted by Gasteiger charge is -1.90. The van der Waals surface area contributed by atoms with Crippen molar-refractivity contribution in [3.05, 3.63) is 23.9 Å². The van der Waals surface area contributed by atoms with Gasteiger partial charge in [0.05, 0.1) is 12.8 Å². The van der Waals surface area contributed by atoms with Gasteiger partial charge in [0.1, 0.15) is 0 Å². The van der Waals surface area contributed by atoms with Crippen LogP contribution in [0.2, 0.25) is 0 Å². The van der Waals surface area contributed by atoms with E-state index in [2.05, 4.69) is 4.98 Å². The fourth-order valence-electron chi connectivity index (χ4n) is 0.633. The monoisotopic (exact) mass is 125 g/mol. The molecule has 0 saturated carbocycles. The van der Waals surface area contributed by atoms with E-state index in [9.17, 15) is 0 Å². The molecule has 0 aromatic carbocycles. The first-order chi connectivity index (χ1) is 4.33. The van der Waals surface area contributed by atoms with Crippen LogP contribution in [0.4, 0.5) is 5.82 Å². The van der Waals surface area contributed by atoms with E-state index in [1.165, 1.54) is 0 Å². The number of nitrogens with one attached hydrogen (secondary N) is 1. The van der Waals surface area contributed by atoms with Crippen molar-refractivity contribution in [1.29, 1.82) is 0 Å². The number of aliphatic hydroxyl groups is 1. The molecule has 3 nitrogen and oxygen atoms in total. The molecule has 1 aromatic heterocycles. The lowest BCUT2D eigenvalue weighted by molar-refractivity contribution is -0.360. The summed E-state index contributed by atoms with van der Waals surface area (Å²) in [5.41, 5.74) is 6.19. The predicted molar refractivity (Wildman–Crippen MR) is 33.3 cm³/mol. The summed E-state index contributed by atoms with van der Waals surface area (Å²) in [6.07, 6.45) is 1.70. The Balaban J connectivity index is 2.94. The van der Waals surface area contributed by atoms with Crippen molar-refractivity contribution < 1.29 is 10.1 Å². The highest BCUT2D eigenvalue weighted by Gasteiger charge is 1.93. The Bertz CT molecular complexity index is 200. The highest BCUT2D eigenvalue weighted by atomic mass is 16.3. The molecule has 0 saturated heterocycles. The van der Waals surface area contributed by atoms with Crippen LogP contribution in [0.25, 0.3) is 0 Å². The molecule has 0 aliphatic carbocycles. The first kappa shape index (κ1) is 6.04. The zero-order valence-corrected chi connectivity index (χ0v) is 4.96. The minimum atomic E-state index is 0.0406. The van der Waals surface area contributed by atoms with Gasteiger partial charge >= 0.3 is 0 Å². The van der Waals surface area contributed by atoms with E-state index in [-0.39, 0.29) is 6.61 Å². The Labute approximate surface area is 53.2 Å². The Hall–Kier alpha value is -1.09. The predicted octanol–water partition coefficient (Wildman–Crippen LogP) is -0.425. The summed E-state index contributed by atoms with van der Waals surface area (Å²) in [5.74, 6) is 0.571. The highest BCUT2D eigenvalue weighted by Crippen LogP contribution is 1.97. The van der Waals surface area contributed by atoms with Crippen molar-refractivity contribution in [2.24, 2.45) is 0 Å². The van der Waals surface area contributed by atoms with E-state index in [0.29, 0.717) is 5.82 Å². The third-order valence-electron chi connectivity index (χ3n) is 1.07. The quantitative estimate of drug-likeness (QED) is 0.535. The molecule has 3 heteroatoms. The van der Waals surface area contributed by atoms with Crippen molar-refractivity contribution in [3.63, 3.8) is 0 Å². The van der Waals surface area contributed by atoms with Gasteiger partial charge in [-0.25, -0.2) is 4.98 Å². The summed E-state index contributed by atoms with van der Waals surface area (Å²) in [4.78, 5) is 2.77. The van der Waals surface area contributed by atoms with Crippen molar-refractivity contribution in [1.82, 2.24) is 0 Å². The second-order valence-corrected chi connectivity index (χ2v) is 1.81. The molecule has 0 unspecified atom stereocenters. The molecule has 9 heavy (non-hydrogen) atoms. The maximum absolute atomic E-state index is 8.59. The maximum atomic E-state index is 8.59. The molecule has 1 rings (SSSR count). The smallest absolute Gasteiger partial charge is 0.270 e. The molecule has 0 amide bonds. The third-order valence-corrected chi connectivity index (χ3v) is 1.07. The lowest BCUT2D eigenvalue weighted by atomic mass is 10.3. The van der Waals surface area contributed by atoms with Gasteiger partial charge in [0.15, 0.2) is 0 Å². The molecule has 0 spiro atoms. The SMILES string of the molecule is Nc1cc(CO)cc[nH+]1. The van der Waals surface area contributed by atoms with Crippen LogP contribution in [0, 0.1) is 0 Å². The van der Waals surface area contributed by atoms with Crippen LogP contribution in [0.3, 0.4) is 0 Å². The van der Waals surface area contributed by atoms with E-state index in [1.807, 2.05) is 0 Å².